The number of hydrazone groups is 1. The topological polar surface area (TPSA) is 94.0 Å². The molecule has 2 heterocycles. The molecular weight excluding hydrogens is 450 g/mol. The average molecular weight is 474 g/mol. The Morgan fingerprint density at radius 2 is 1.81 bits per heavy atom. The van der Waals surface area contributed by atoms with Gasteiger partial charge in [-0.2, -0.15) is 5.10 Å². The number of hydrogen-bond acceptors (Lipinski definition) is 6. The van der Waals surface area contributed by atoms with E-state index in [9.17, 15) is 9.90 Å². The third kappa shape index (κ3) is 5.49. The second kappa shape index (κ2) is 9.17. The highest BCUT2D eigenvalue weighted by atomic mass is 32.1. The van der Waals surface area contributed by atoms with Gasteiger partial charge in [0.15, 0.2) is 5.11 Å². The largest absolute Gasteiger partial charge is 0.506 e. The number of nitrogens with zero attached hydrogens (tertiary/aromatic N) is 1. The SMILES string of the molecule is CC(=NNC(=S)Nc1ccc(C(=O)O)s1)c1csc(-c2ccc(C(C)(C)C)cc2)c1O. The molecule has 0 amide bonds. The first-order chi connectivity index (χ1) is 14.6. The van der Waals surface area contributed by atoms with E-state index in [4.69, 9.17) is 17.3 Å². The van der Waals surface area contributed by atoms with Crippen molar-refractivity contribution in [2.75, 3.05) is 5.32 Å². The molecule has 0 aliphatic rings. The van der Waals surface area contributed by atoms with Crippen molar-refractivity contribution in [2.24, 2.45) is 5.10 Å². The number of carboxylic acid groups (broad SMARTS) is 1. The molecule has 0 bridgehead atoms. The summed E-state index contributed by atoms with van der Waals surface area (Å²) in [5, 5.41) is 29.5. The maximum absolute atomic E-state index is 11.0. The third-order valence-corrected chi connectivity index (χ3v) is 6.75. The molecule has 4 N–H and O–H groups in total. The van der Waals surface area contributed by atoms with Gasteiger partial charge < -0.3 is 15.5 Å². The minimum absolute atomic E-state index is 0.0703. The Labute approximate surface area is 194 Å². The van der Waals surface area contributed by atoms with Gasteiger partial charge in [0.25, 0.3) is 0 Å². The second-order valence-corrected chi connectivity index (χ2v) is 10.3. The Morgan fingerprint density at radius 3 is 2.39 bits per heavy atom. The summed E-state index contributed by atoms with van der Waals surface area (Å²) >= 11 is 7.74. The smallest absolute Gasteiger partial charge is 0.345 e. The van der Waals surface area contributed by atoms with Crippen molar-refractivity contribution in [3.8, 4) is 16.2 Å². The fourth-order valence-electron chi connectivity index (χ4n) is 2.79. The van der Waals surface area contributed by atoms with Crippen LogP contribution in [-0.4, -0.2) is 27.0 Å². The number of aromatic carboxylic acids is 1. The summed E-state index contributed by atoms with van der Waals surface area (Å²) in [6, 6.07) is 11.4. The fourth-order valence-corrected chi connectivity index (χ4v) is 4.77. The van der Waals surface area contributed by atoms with Crippen molar-refractivity contribution in [3.63, 3.8) is 0 Å². The van der Waals surface area contributed by atoms with Gasteiger partial charge in [0.05, 0.1) is 21.2 Å². The van der Waals surface area contributed by atoms with Gasteiger partial charge in [-0.1, -0.05) is 45.0 Å². The number of thiocarbonyl (C=S) groups is 1. The van der Waals surface area contributed by atoms with E-state index < -0.39 is 5.97 Å². The number of benzene rings is 1. The van der Waals surface area contributed by atoms with Crippen LogP contribution in [-0.2, 0) is 5.41 Å². The Hall–Kier alpha value is -2.75. The lowest BCUT2D eigenvalue weighted by atomic mass is 9.86. The van der Waals surface area contributed by atoms with Gasteiger partial charge in [-0.25, -0.2) is 4.79 Å². The highest BCUT2D eigenvalue weighted by molar-refractivity contribution is 7.80. The maximum Gasteiger partial charge on any atom is 0.345 e. The van der Waals surface area contributed by atoms with Gasteiger partial charge >= 0.3 is 5.97 Å². The van der Waals surface area contributed by atoms with Gasteiger partial charge in [0.1, 0.15) is 10.6 Å². The molecule has 0 fully saturated rings. The molecule has 6 nitrogen and oxygen atoms in total. The highest BCUT2D eigenvalue weighted by Crippen LogP contribution is 2.39. The Balaban J connectivity index is 1.70. The molecule has 31 heavy (non-hydrogen) atoms. The van der Waals surface area contributed by atoms with Gasteiger partial charge in [-0.3, -0.25) is 5.43 Å². The van der Waals surface area contributed by atoms with Crippen molar-refractivity contribution >= 4 is 56.7 Å². The lowest BCUT2D eigenvalue weighted by Crippen LogP contribution is -2.24. The molecule has 2 aromatic heterocycles. The summed E-state index contributed by atoms with van der Waals surface area (Å²) in [7, 11) is 0. The van der Waals surface area contributed by atoms with Crippen molar-refractivity contribution < 1.29 is 15.0 Å². The van der Waals surface area contributed by atoms with E-state index in [1.807, 2.05) is 17.5 Å². The zero-order valence-corrected chi connectivity index (χ0v) is 20.0. The first-order valence-electron chi connectivity index (χ1n) is 9.42. The summed E-state index contributed by atoms with van der Waals surface area (Å²) in [5.74, 6) is -0.803. The summed E-state index contributed by atoms with van der Waals surface area (Å²) in [6.45, 7) is 8.27. The predicted octanol–water partition coefficient (Wildman–Crippen LogP) is 5.89. The molecule has 0 aliphatic heterocycles. The molecule has 9 heteroatoms. The van der Waals surface area contributed by atoms with E-state index in [-0.39, 0.29) is 21.2 Å². The molecule has 0 aliphatic carbocycles. The maximum atomic E-state index is 11.0. The van der Waals surface area contributed by atoms with Crippen LogP contribution in [0.2, 0.25) is 0 Å². The summed E-state index contributed by atoms with van der Waals surface area (Å²) in [4.78, 5) is 12.0. The number of carbonyl (C=O) groups is 1. The van der Waals surface area contributed by atoms with Gasteiger partial charge in [0, 0.05) is 5.38 Å². The molecule has 3 rings (SSSR count). The van der Waals surface area contributed by atoms with E-state index in [0.717, 1.165) is 21.8 Å². The molecule has 0 atom stereocenters. The van der Waals surface area contributed by atoms with Crippen LogP contribution in [0.15, 0.2) is 46.9 Å². The van der Waals surface area contributed by atoms with Gasteiger partial charge in [-0.15, -0.1) is 22.7 Å². The molecule has 0 saturated carbocycles. The zero-order chi connectivity index (χ0) is 22.8. The molecule has 0 spiro atoms. The lowest BCUT2D eigenvalue weighted by Gasteiger charge is -2.19. The normalized spacial score (nSPS) is 11.9. The molecular formula is C22H23N3O3S3. The van der Waals surface area contributed by atoms with Crippen molar-refractivity contribution in [3.05, 3.63) is 57.8 Å². The second-order valence-electron chi connectivity index (χ2n) is 7.89. The lowest BCUT2D eigenvalue weighted by molar-refractivity contribution is 0.0702. The van der Waals surface area contributed by atoms with Crippen LogP contribution in [0.3, 0.4) is 0 Å². The van der Waals surface area contributed by atoms with E-state index in [1.165, 1.54) is 23.0 Å². The summed E-state index contributed by atoms with van der Waals surface area (Å²) in [6.07, 6.45) is 0. The molecule has 0 unspecified atom stereocenters. The predicted molar refractivity (Wildman–Crippen MR) is 133 cm³/mol. The monoisotopic (exact) mass is 473 g/mol. The average Bonchev–Trinajstić information content (AvgIpc) is 3.32. The van der Waals surface area contributed by atoms with Gasteiger partial charge in [-0.05, 0) is 47.8 Å². The summed E-state index contributed by atoms with van der Waals surface area (Å²) in [5.41, 5.74) is 6.18. The van der Waals surface area contributed by atoms with Crippen LogP contribution in [0, 0.1) is 0 Å². The van der Waals surface area contributed by atoms with Crippen molar-refractivity contribution in [2.45, 2.75) is 33.1 Å². The van der Waals surface area contributed by atoms with E-state index in [0.29, 0.717) is 16.3 Å². The number of anilines is 1. The van der Waals surface area contributed by atoms with E-state index in [1.54, 1.807) is 13.0 Å². The van der Waals surface area contributed by atoms with E-state index >= 15 is 0 Å². The number of hydrogen-bond donors (Lipinski definition) is 4. The van der Waals surface area contributed by atoms with Crippen LogP contribution in [0.1, 0.15) is 48.5 Å². The number of rotatable bonds is 5. The number of carboxylic acids is 1. The standard InChI is InChI=1S/C22H23N3O3S3/c1-12(24-25-21(29)23-17-10-9-16(31-17)20(27)28)15-11-30-19(18(15)26)13-5-7-14(8-6-13)22(2,3)4/h5-11,26H,1-4H3,(H,27,28)(H2,23,25,29). The number of thiophene rings is 2. The zero-order valence-electron chi connectivity index (χ0n) is 17.5. The van der Waals surface area contributed by atoms with E-state index in [2.05, 4.69) is 48.7 Å². The fraction of sp³-hybridized carbons (Fsp3) is 0.227. The van der Waals surface area contributed by atoms with Crippen LogP contribution < -0.4 is 10.7 Å². The van der Waals surface area contributed by atoms with Crippen LogP contribution >= 0.6 is 34.9 Å². The van der Waals surface area contributed by atoms with Crippen LogP contribution in [0.25, 0.3) is 10.4 Å². The summed E-state index contributed by atoms with van der Waals surface area (Å²) < 4.78 is 0. The quantitative estimate of drug-likeness (QED) is 0.210. The Morgan fingerprint density at radius 1 is 1.13 bits per heavy atom. The molecule has 162 valence electrons. The minimum atomic E-state index is -0.984. The first kappa shape index (κ1) is 22.9. The van der Waals surface area contributed by atoms with Gasteiger partial charge in [0.2, 0.25) is 0 Å². The molecule has 0 radical (unpaired) electrons. The van der Waals surface area contributed by atoms with Crippen LogP contribution in [0.4, 0.5) is 5.00 Å². The first-order valence-corrected chi connectivity index (χ1v) is 11.5. The Bertz CT molecular complexity index is 1140. The Kier molecular flexibility index (Phi) is 6.78. The molecule has 3 aromatic rings. The number of nitrogens with one attached hydrogen (secondary N) is 2. The molecule has 1 aromatic carbocycles. The van der Waals surface area contributed by atoms with Crippen molar-refractivity contribution in [1.82, 2.24) is 5.43 Å². The van der Waals surface area contributed by atoms with Crippen molar-refractivity contribution in [1.29, 1.82) is 0 Å². The highest BCUT2D eigenvalue weighted by Gasteiger charge is 2.17. The van der Waals surface area contributed by atoms with Crippen LogP contribution in [0.5, 0.6) is 5.75 Å². The molecule has 0 saturated heterocycles. The number of aromatic hydroxyl groups is 1. The minimum Gasteiger partial charge on any atom is -0.506 e. The third-order valence-electron chi connectivity index (χ3n) is 4.55.